The molecule has 0 aliphatic rings. The van der Waals surface area contributed by atoms with E-state index in [0.717, 1.165) is 0 Å². The van der Waals surface area contributed by atoms with Gasteiger partial charge in [0, 0.05) is 5.69 Å². The largest absolute Gasteiger partial charge is 0.467 e. The van der Waals surface area contributed by atoms with Gasteiger partial charge in [-0.2, -0.15) is 0 Å². The summed E-state index contributed by atoms with van der Waals surface area (Å²) in [5.41, 5.74) is 1.88. The highest BCUT2D eigenvalue weighted by Gasteiger charge is 2.21. The van der Waals surface area contributed by atoms with Crippen molar-refractivity contribution in [1.29, 1.82) is 0 Å². The maximum Gasteiger partial charge on any atom is 0.328 e. The Kier molecular flexibility index (Phi) is 3.69. The zero-order valence-corrected chi connectivity index (χ0v) is 11.7. The van der Waals surface area contributed by atoms with E-state index >= 15 is 0 Å². The number of hydrogen-bond donors (Lipinski definition) is 1. The summed E-state index contributed by atoms with van der Waals surface area (Å²) in [7, 11) is 1.27. The fraction of sp³-hybridized carbons (Fsp3) is 0.385. The summed E-state index contributed by atoms with van der Waals surface area (Å²) in [4.78, 5) is 27.8. The van der Waals surface area contributed by atoms with E-state index in [4.69, 9.17) is 4.52 Å². The molecule has 0 aliphatic carbocycles. The minimum atomic E-state index is -0.740. The van der Waals surface area contributed by atoms with E-state index in [1.165, 1.54) is 7.11 Å². The van der Waals surface area contributed by atoms with Gasteiger partial charge in [0.25, 0.3) is 11.6 Å². The lowest BCUT2D eigenvalue weighted by atomic mass is 10.1. The van der Waals surface area contributed by atoms with Crippen LogP contribution in [0.15, 0.2) is 10.6 Å². The summed E-state index contributed by atoms with van der Waals surface area (Å²) in [5.74, 6) is -0.910. The number of carbonyl (C=O) groups is 2. The van der Waals surface area contributed by atoms with Crippen molar-refractivity contribution in [2.45, 2.75) is 26.8 Å². The van der Waals surface area contributed by atoms with E-state index in [1.807, 2.05) is 0 Å². The second kappa shape index (κ2) is 5.28. The van der Waals surface area contributed by atoms with Crippen molar-refractivity contribution in [3.63, 3.8) is 0 Å². The predicted molar refractivity (Wildman–Crippen MR) is 70.2 cm³/mol. The van der Waals surface area contributed by atoms with Gasteiger partial charge >= 0.3 is 5.97 Å². The third-order valence-electron chi connectivity index (χ3n) is 2.89. The molecule has 2 aromatic heterocycles. The summed E-state index contributed by atoms with van der Waals surface area (Å²) < 4.78 is 9.63. The number of rotatable bonds is 3. The predicted octanol–water partition coefficient (Wildman–Crippen LogP) is 1.13. The lowest BCUT2D eigenvalue weighted by Gasteiger charge is -2.12. The third-order valence-corrected chi connectivity index (χ3v) is 2.89. The Balaban J connectivity index is 2.39. The minimum absolute atomic E-state index is 0.304. The first kappa shape index (κ1) is 14.0. The molecule has 0 aliphatic heterocycles. The maximum atomic E-state index is 12.3. The lowest BCUT2D eigenvalue weighted by molar-refractivity contribution is -0.142. The molecule has 0 radical (unpaired) electrons. The van der Waals surface area contributed by atoms with E-state index in [1.54, 1.807) is 26.8 Å². The minimum Gasteiger partial charge on any atom is -0.467 e. The molecule has 1 N–H and O–H groups in total. The number of fused-ring (bicyclic) bond motifs is 1. The van der Waals surface area contributed by atoms with E-state index in [-0.39, 0.29) is 0 Å². The number of methoxy groups -OCH3 is 1. The van der Waals surface area contributed by atoms with Gasteiger partial charge in [0.2, 0.25) is 0 Å². The Morgan fingerprint density at radius 3 is 2.75 bits per heavy atom. The molecule has 0 fully saturated rings. The SMILES string of the molecule is COC(=O)C(C)NC(=O)c1cc(C)nc2onc(C)c12. The molecule has 2 aromatic rings. The first-order valence-electron chi connectivity index (χ1n) is 6.06. The van der Waals surface area contributed by atoms with Gasteiger partial charge in [0.1, 0.15) is 6.04 Å². The van der Waals surface area contributed by atoms with Crippen molar-refractivity contribution < 1.29 is 18.8 Å². The highest BCUT2D eigenvalue weighted by Crippen LogP contribution is 2.21. The summed E-state index contributed by atoms with van der Waals surface area (Å²) in [5, 5.41) is 6.92. The maximum absolute atomic E-state index is 12.3. The Morgan fingerprint density at radius 2 is 2.10 bits per heavy atom. The number of ether oxygens (including phenoxy) is 1. The molecule has 1 unspecified atom stereocenters. The Bertz CT molecular complexity index is 678. The molecule has 7 heteroatoms. The van der Waals surface area contributed by atoms with E-state index in [9.17, 15) is 9.59 Å². The summed E-state index contributed by atoms with van der Waals surface area (Å²) >= 11 is 0. The Labute approximate surface area is 115 Å². The van der Waals surface area contributed by atoms with Crippen LogP contribution in [-0.4, -0.2) is 35.2 Å². The second-order valence-electron chi connectivity index (χ2n) is 4.48. The highest BCUT2D eigenvalue weighted by atomic mass is 16.5. The van der Waals surface area contributed by atoms with Crippen molar-refractivity contribution in [2.75, 3.05) is 7.11 Å². The Morgan fingerprint density at radius 1 is 1.40 bits per heavy atom. The molecule has 1 atom stereocenters. The number of carbonyl (C=O) groups excluding carboxylic acids is 2. The molecule has 2 rings (SSSR count). The van der Waals surface area contributed by atoms with Crippen molar-refractivity contribution >= 4 is 23.0 Å². The van der Waals surface area contributed by atoms with Crippen LogP contribution in [0.5, 0.6) is 0 Å². The number of nitrogens with zero attached hydrogens (tertiary/aromatic N) is 2. The standard InChI is InChI=1S/C13H15N3O4/c1-6-5-9(10-7(2)16-20-12(10)14-6)11(17)15-8(3)13(18)19-4/h5,8H,1-4H3,(H,15,17). The molecule has 7 nitrogen and oxygen atoms in total. The van der Waals surface area contributed by atoms with Gasteiger partial charge < -0.3 is 14.6 Å². The van der Waals surface area contributed by atoms with Crippen LogP contribution >= 0.6 is 0 Å². The van der Waals surface area contributed by atoms with Gasteiger partial charge in [-0.15, -0.1) is 0 Å². The zero-order chi connectivity index (χ0) is 14.9. The number of amides is 1. The number of esters is 1. The fourth-order valence-corrected chi connectivity index (χ4v) is 1.91. The number of nitrogens with one attached hydrogen (secondary N) is 1. The molecule has 0 saturated heterocycles. The topological polar surface area (TPSA) is 94.3 Å². The average molecular weight is 277 g/mol. The summed E-state index contributed by atoms with van der Waals surface area (Å²) in [6.07, 6.45) is 0. The zero-order valence-electron chi connectivity index (χ0n) is 11.7. The molecule has 0 saturated carbocycles. The Hall–Kier alpha value is -2.44. The van der Waals surface area contributed by atoms with E-state index in [2.05, 4.69) is 20.2 Å². The van der Waals surface area contributed by atoms with Crippen LogP contribution in [0.2, 0.25) is 0 Å². The van der Waals surface area contributed by atoms with Crippen LogP contribution in [0.1, 0.15) is 28.7 Å². The van der Waals surface area contributed by atoms with Crippen molar-refractivity contribution in [3.8, 4) is 0 Å². The number of pyridine rings is 1. The normalized spacial score (nSPS) is 12.2. The highest BCUT2D eigenvalue weighted by molar-refractivity contribution is 6.07. The molecule has 1 amide bonds. The van der Waals surface area contributed by atoms with Crippen molar-refractivity contribution in [1.82, 2.24) is 15.5 Å². The number of aromatic nitrogens is 2. The van der Waals surface area contributed by atoms with E-state index < -0.39 is 17.9 Å². The van der Waals surface area contributed by atoms with Crippen LogP contribution < -0.4 is 5.32 Å². The number of hydrogen-bond acceptors (Lipinski definition) is 6. The van der Waals surface area contributed by atoms with Gasteiger partial charge in [0.05, 0.1) is 23.8 Å². The monoisotopic (exact) mass is 277 g/mol. The van der Waals surface area contributed by atoms with Crippen LogP contribution in [0.3, 0.4) is 0 Å². The van der Waals surface area contributed by atoms with Gasteiger partial charge in [-0.25, -0.2) is 9.78 Å². The second-order valence-corrected chi connectivity index (χ2v) is 4.48. The average Bonchev–Trinajstić information content (AvgIpc) is 2.78. The molecule has 0 bridgehead atoms. The van der Waals surface area contributed by atoms with Crippen LogP contribution in [0, 0.1) is 13.8 Å². The van der Waals surface area contributed by atoms with Crippen LogP contribution in [0.4, 0.5) is 0 Å². The first-order chi connectivity index (χ1) is 9.43. The first-order valence-corrected chi connectivity index (χ1v) is 6.06. The third kappa shape index (κ3) is 2.47. The molecule has 20 heavy (non-hydrogen) atoms. The molecular weight excluding hydrogens is 262 g/mol. The van der Waals surface area contributed by atoms with Gasteiger partial charge in [0.15, 0.2) is 0 Å². The molecule has 106 valence electrons. The van der Waals surface area contributed by atoms with Crippen LogP contribution in [0.25, 0.3) is 11.1 Å². The summed E-state index contributed by atoms with van der Waals surface area (Å²) in [6.45, 7) is 5.02. The van der Waals surface area contributed by atoms with Gasteiger partial charge in [-0.05, 0) is 26.8 Å². The van der Waals surface area contributed by atoms with E-state index in [0.29, 0.717) is 28.1 Å². The lowest BCUT2D eigenvalue weighted by Crippen LogP contribution is -2.39. The fourth-order valence-electron chi connectivity index (χ4n) is 1.91. The quantitative estimate of drug-likeness (QED) is 0.845. The molecule has 0 spiro atoms. The van der Waals surface area contributed by atoms with Crippen molar-refractivity contribution in [3.05, 3.63) is 23.0 Å². The molecule has 2 heterocycles. The molecule has 0 aromatic carbocycles. The van der Waals surface area contributed by atoms with Gasteiger partial charge in [-0.3, -0.25) is 4.79 Å². The van der Waals surface area contributed by atoms with Crippen LogP contribution in [-0.2, 0) is 9.53 Å². The number of aryl methyl sites for hydroxylation is 2. The van der Waals surface area contributed by atoms with Crippen molar-refractivity contribution in [2.24, 2.45) is 0 Å². The van der Waals surface area contributed by atoms with Gasteiger partial charge in [-0.1, -0.05) is 5.16 Å². The smallest absolute Gasteiger partial charge is 0.328 e. The summed E-state index contributed by atoms with van der Waals surface area (Å²) in [6, 6.07) is 0.891. The molecular formula is C13H15N3O4.